The van der Waals surface area contributed by atoms with Crippen molar-refractivity contribution in [1.29, 1.82) is 5.26 Å². The number of carbonyl (C=O) groups is 1. The van der Waals surface area contributed by atoms with E-state index in [0.717, 1.165) is 17.7 Å². The molecule has 1 aromatic heterocycles. The van der Waals surface area contributed by atoms with Gasteiger partial charge in [-0.25, -0.2) is 0 Å². The van der Waals surface area contributed by atoms with Crippen molar-refractivity contribution < 1.29 is 9.21 Å². The van der Waals surface area contributed by atoms with Gasteiger partial charge in [-0.2, -0.15) is 5.26 Å². The molecule has 0 aliphatic heterocycles. The predicted octanol–water partition coefficient (Wildman–Crippen LogP) is 5.86. The Labute approximate surface area is 193 Å². The molecular formula is C26H27N3O2S. The summed E-state index contributed by atoms with van der Waals surface area (Å²) >= 11 is 1.45. The Bertz CT molecular complexity index is 1130. The average molecular weight is 446 g/mol. The molecule has 3 aromatic rings. The molecule has 0 aliphatic rings. The molecule has 1 heterocycles. The Morgan fingerprint density at radius 1 is 1.12 bits per heavy atom. The second kappa shape index (κ2) is 11.3. The standard InChI is InChI=1S/C26H27N3O2S/c1-4-20-8-11-22(12-9-20)29-26(32-17-21-10-7-18(2)14-19(21)3)24(15-27)25(30)28-16-23-6-5-13-31-23/h5-14,29H,4,16-17H2,1-3H3,(H,28,30). The zero-order chi connectivity index (χ0) is 22.9. The first kappa shape index (κ1) is 23.2. The van der Waals surface area contributed by atoms with E-state index in [1.165, 1.54) is 28.5 Å². The number of rotatable bonds is 9. The minimum absolute atomic E-state index is 0.0471. The molecule has 0 bridgehead atoms. The SMILES string of the molecule is CCc1ccc(NC(SCc2ccc(C)cc2C)=C(C#N)C(=O)NCc2ccco2)cc1. The highest BCUT2D eigenvalue weighted by atomic mass is 32.2. The molecule has 5 nitrogen and oxygen atoms in total. The van der Waals surface area contributed by atoms with E-state index in [1.807, 2.05) is 24.3 Å². The van der Waals surface area contributed by atoms with E-state index in [9.17, 15) is 10.1 Å². The summed E-state index contributed by atoms with van der Waals surface area (Å²) in [6.07, 6.45) is 2.50. The normalized spacial score (nSPS) is 11.4. The van der Waals surface area contributed by atoms with Gasteiger partial charge in [0.05, 0.1) is 17.8 Å². The molecule has 0 spiro atoms. The number of anilines is 1. The van der Waals surface area contributed by atoms with Gasteiger partial charge in [-0.05, 0) is 61.2 Å². The van der Waals surface area contributed by atoms with Gasteiger partial charge < -0.3 is 15.1 Å². The van der Waals surface area contributed by atoms with E-state index < -0.39 is 5.91 Å². The molecular weight excluding hydrogens is 418 g/mol. The maximum atomic E-state index is 12.8. The molecule has 6 heteroatoms. The maximum Gasteiger partial charge on any atom is 0.265 e. The molecule has 0 aliphatic carbocycles. The molecule has 2 aromatic carbocycles. The molecule has 2 N–H and O–H groups in total. The third-order valence-corrected chi connectivity index (χ3v) is 6.11. The van der Waals surface area contributed by atoms with Gasteiger partial charge in [-0.1, -0.05) is 42.8 Å². The summed E-state index contributed by atoms with van der Waals surface area (Å²) in [7, 11) is 0. The van der Waals surface area contributed by atoms with Crippen molar-refractivity contribution >= 4 is 23.4 Å². The number of nitrogens with one attached hydrogen (secondary N) is 2. The zero-order valence-electron chi connectivity index (χ0n) is 18.6. The summed E-state index contributed by atoms with van der Waals surface area (Å²) in [5.41, 5.74) is 5.65. The second-order valence-corrected chi connectivity index (χ2v) is 8.46. The van der Waals surface area contributed by atoms with Crippen LogP contribution in [0.15, 0.2) is 75.9 Å². The Hall–Kier alpha value is -3.43. The van der Waals surface area contributed by atoms with Gasteiger partial charge in [-0.15, -0.1) is 11.8 Å². The van der Waals surface area contributed by atoms with Crippen LogP contribution in [0.4, 0.5) is 5.69 Å². The number of hydrogen-bond acceptors (Lipinski definition) is 5. The molecule has 32 heavy (non-hydrogen) atoms. The molecule has 0 saturated carbocycles. The highest BCUT2D eigenvalue weighted by molar-refractivity contribution is 8.02. The number of thioether (sulfide) groups is 1. The first-order valence-electron chi connectivity index (χ1n) is 10.5. The lowest BCUT2D eigenvalue weighted by molar-refractivity contribution is -0.117. The van der Waals surface area contributed by atoms with Crippen LogP contribution in [0.3, 0.4) is 0 Å². The van der Waals surface area contributed by atoms with Crippen LogP contribution in [0.2, 0.25) is 0 Å². The van der Waals surface area contributed by atoms with Crippen LogP contribution in [0.5, 0.6) is 0 Å². The fourth-order valence-corrected chi connectivity index (χ4v) is 4.25. The van der Waals surface area contributed by atoms with Crippen molar-refractivity contribution in [2.75, 3.05) is 5.32 Å². The fraction of sp³-hybridized carbons (Fsp3) is 0.231. The van der Waals surface area contributed by atoms with Crippen LogP contribution in [0.1, 0.15) is 34.9 Å². The third kappa shape index (κ3) is 6.29. The van der Waals surface area contributed by atoms with E-state index >= 15 is 0 Å². The fourth-order valence-electron chi connectivity index (χ4n) is 3.16. The Morgan fingerprint density at radius 3 is 2.53 bits per heavy atom. The van der Waals surface area contributed by atoms with Gasteiger partial charge in [0.2, 0.25) is 0 Å². The lowest BCUT2D eigenvalue weighted by Gasteiger charge is -2.15. The maximum absolute atomic E-state index is 12.8. The molecule has 0 atom stereocenters. The number of furan rings is 1. The largest absolute Gasteiger partial charge is 0.467 e. The summed E-state index contributed by atoms with van der Waals surface area (Å²) in [5.74, 6) is 0.825. The summed E-state index contributed by atoms with van der Waals surface area (Å²) in [5, 5.41) is 16.4. The summed E-state index contributed by atoms with van der Waals surface area (Å²) in [4.78, 5) is 12.8. The predicted molar refractivity (Wildman–Crippen MR) is 130 cm³/mol. The minimum atomic E-state index is -0.440. The first-order valence-corrected chi connectivity index (χ1v) is 11.5. The number of nitrogens with zero attached hydrogens (tertiary/aromatic N) is 1. The molecule has 0 saturated heterocycles. The van der Waals surface area contributed by atoms with Gasteiger partial charge in [0.1, 0.15) is 17.4 Å². The summed E-state index contributed by atoms with van der Waals surface area (Å²) in [6, 6.07) is 19.9. The van der Waals surface area contributed by atoms with E-state index in [4.69, 9.17) is 4.42 Å². The number of amides is 1. The Balaban J connectivity index is 1.85. The van der Waals surface area contributed by atoms with E-state index in [0.29, 0.717) is 16.5 Å². The van der Waals surface area contributed by atoms with Gasteiger partial charge in [0.15, 0.2) is 0 Å². The van der Waals surface area contributed by atoms with Crippen molar-refractivity contribution in [1.82, 2.24) is 5.32 Å². The first-order chi connectivity index (χ1) is 15.5. The highest BCUT2D eigenvalue weighted by Gasteiger charge is 2.17. The van der Waals surface area contributed by atoms with Gasteiger partial charge in [0.25, 0.3) is 5.91 Å². The quantitative estimate of drug-likeness (QED) is 0.319. The van der Waals surface area contributed by atoms with E-state index in [2.05, 4.69) is 55.7 Å². The van der Waals surface area contributed by atoms with Crippen LogP contribution in [-0.4, -0.2) is 5.91 Å². The van der Waals surface area contributed by atoms with Crippen LogP contribution in [0.25, 0.3) is 0 Å². The lowest BCUT2D eigenvalue weighted by atomic mass is 10.1. The average Bonchev–Trinajstić information content (AvgIpc) is 3.31. The van der Waals surface area contributed by atoms with Crippen LogP contribution >= 0.6 is 11.8 Å². The van der Waals surface area contributed by atoms with Crippen LogP contribution in [0, 0.1) is 25.2 Å². The number of nitriles is 1. The minimum Gasteiger partial charge on any atom is -0.467 e. The number of aryl methyl sites for hydroxylation is 3. The number of carbonyl (C=O) groups excluding carboxylic acids is 1. The van der Waals surface area contributed by atoms with Crippen molar-refractivity contribution in [3.63, 3.8) is 0 Å². The molecule has 1 amide bonds. The summed E-state index contributed by atoms with van der Waals surface area (Å²) in [6.45, 7) is 6.46. The van der Waals surface area contributed by atoms with Crippen molar-refractivity contribution in [2.24, 2.45) is 0 Å². The van der Waals surface area contributed by atoms with Crippen molar-refractivity contribution in [3.8, 4) is 6.07 Å². The van der Waals surface area contributed by atoms with Crippen LogP contribution in [-0.2, 0) is 23.5 Å². The highest BCUT2D eigenvalue weighted by Crippen LogP contribution is 2.28. The number of benzene rings is 2. The smallest absolute Gasteiger partial charge is 0.265 e. The van der Waals surface area contributed by atoms with Gasteiger partial charge in [0, 0.05) is 11.4 Å². The van der Waals surface area contributed by atoms with Crippen LogP contribution < -0.4 is 10.6 Å². The molecule has 3 rings (SSSR count). The van der Waals surface area contributed by atoms with Gasteiger partial charge >= 0.3 is 0 Å². The van der Waals surface area contributed by atoms with Crippen molar-refractivity contribution in [2.45, 2.75) is 39.5 Å². The molecule has 0 radical (unpaired) electrons. The van der Waals surface area contributed by atoms with E-state index in [-0.39, 0.29) is 12.1 Å². The topological polar surface area (TPSA) is 78.1 Å². The molecule has 0 unspecified atom stereocenters. The third-order valence-electron chi connectivity index (χ3n) is 5.06. The molecule has 0 fully saturated rings. The Morgan fingerprint density at radius 2 is 1.91 bits per heavy atom. The van der Waals surface area contributed by atoms with Gasteiger partial charge in [-0.3, -0.25) is 4.79 Å². The molecule has 164 valence electrons. The lowest BCUT2D eigenvalue weighted by Crippen LogP contribution is -2.25. The van der Waals surface area contributed by atoms with E-state index in [1.54, 1.807) is 18.4 Å². The Kier molecular flexibility index (Phi) is 8.18. The second-order valence-electron chi connectivity index (χ2n) is 7.47. The number of hydrogen-bond donors (Lipinski definition) is 2. The summed E-state index contributed by atoms with van der Waals surface area (Å²) < 4.78 is 5.27. The van der Waals surface area contributed by atoms with Crippen molar-refractivity contribution in [3.05, 3.63) is 99.5 Å². The monoisotopic (exact) mass is 445 g/mol. The zero-order valence-corrected chi connectivity index (χ0v) is 19.4.